The lowest BCUT2D eigenvalue weighted by atomic mass is 9.88. The molecule has 24 heavy (non-hydrogen) atoms. The number of fused-ring (bicyclic) bond motifs is 1. The first-order valence-corrected chi connectivity index (χ1v) is 8.48. The van der Waals surface area contributed by atoms with E-state index in [0.717, 1.165) is 55.0 Å². The summed E-state index contributed by atoms with van der Waals surface area (Å²) in [6.07, 6.45) is 2.83. The number of ketones is 1. The molecule has 0 aromatic carbocycles. The van der Waals surface area contributed by atoms with E-state index < -0.39 is 0 Å². The molecule has 0 amide bonds. The Bertz CT molecular complexity index is 737. The number of hydrogen-bond acceptors (Lipinski definition) is 5. The average molecular weight is 325 g/mol. The molecule has 126 valence electrons. The minimum absolute atomic E-state index is 0.105. The number of nitriles is 1. The van der Waals surface area contributed by atoms with E-state index in [1.165, 1.54) is 0 Å². The van der Waals surface area contributed by atoms with Gasteiger partial charge in [0.05, 0.1) is 17.0 Å². The van der Waals surface area contributed by atoms with Crippen LogP contribution in [0.15, 0.2) is 17.7 Å². The third-order valence-electron chi connectivity index (χ3n) is 5.23. The first-order valence-electron chi connectivity index (χ1n) is 8.48. The Morgan fingerprint density at radius 1 is 1.38 bits per heavy atom. The summed E-state index contributed by atoms with van der Waals surface area (Å²) >= 11 is 0. The molecule has 1 aliphatic heterocycles. The van der Waals surface area contributed by atoms with E-state index in [9.17, 15) is 10.1 Å². The number of aryl methyl sites for hydroxylation is 1. The van der Waals surface area contributed by atoms with Crippen molar-refractivity contribution in [3.8, 4) is 6.07 Å². The highest BCUT2D eigenvalue weighted by Gasteiger charge is 2.35. The van der Waals surface area contributed by atoms with Crippen molar-refractivity contribution in [2.24, 2.45) is 0 Å². The van der Waals surface area contributed by atoms with Gasteiger partial charge in [-0.1, -0.05) is 13.0 Å². The van der Waals surface area contributed by atoms with Crippen molar-refractivity contribution in [3.05, 3.63) is 34.7 Å². The fraction of sp³-hybridized carbons (Fsp3) is 0.526. The maximum absolute atomic E-state index is 12.4. The Hall–Kier alpha value is -2.19. The molecule has 0 spiro atoms. The minimum atomic E-state index is -0.135. The van der Waals surface area contributed by atoms with Gasteiger partial charge < -0.3 is 9.64 Å². The molecule has 1 aromatic rings. The van der Waals surface area contributed by atoms with Crippen molar-refractivity contribution < 1.29 is 9.53 Å². The van der Waals surface area contributed by atoms with Crippen LogP contribution in [0.1, 0.15) is 43.6 Å². The molecule has 0 radical (unpaired) electrons. The van der Waals surface area contributed by atoms with Crippen LogP contribution in [0.25, 0.3) is 5.70 Å². The summed E-state index contributed by atoms with van der Waals surface area (Å²) in [5, 5.41) is 9.56. The normalized spacial score (nSPS) is 19.9. The van der Waals surface area contributed by atoms with E-state index in [1.807, 2.05) is 12.1 Å². The fourth-order valence-corrected chi connectivity index (χ4v) is 3.42. The van der Waals surface area contributed by atoms with E-state index >= 15 is 0 Å². The fourth-order valence-electron chi connectivity index (χ4n) is 3.42. The van der Waals surface area contributed by atoms with Crippen LogP contribution in [0, 0.1) is 11.3 Å². The van der Waals surface area contributed by atoms with Gasteiger partial charge in [0.2, 0.25) is 0 Å². The Labute approximate surface area is 142 Å². The molecular formula is C19H23N3O2. The van der Waals surface area contributed by atoms with E-state index in [2.05, 4.69) is 24.8 Å². The molecule has 2 aliphatic rings. The predicted octanol–water partition coefficient (Wildman–Crippen LogP) is 2.50. The maximum Gasteiger partial charge on any atom is 0.180 e. The predicted molar refractivity (Wildman–Crippen MR) is 91.1 cm³/mol. The minimum Gasteiger partial charge on any atom is -0.378 e. The lowest BCUT2D eigenvalue weighted by molar-refractivity contribution is -0.114. The number of ether oxygens (including phenoxy) is 1. The van der Waals surface area contributed by atoms with Crippen LogP contribution in [0.2, 0.25) is 0 Å². The van der Waals surface area contributed by atoms with E-state index in [4.69, 9.17) is 9.72 Å². The van der Waals surface area contributed by atoms with Crippen molar-refractivity contribution in [3.63, 3.8) is 0 Å². The van der Waals surface area contributed by atoms with Crippen LogP contribution in [-0.2, 0) is 22.4 Å². The van der Waals surface area contributed by atoms with Gasteiger partial charge in [-0.2, -0.15) is 5.26 Å². The van der Waals surface area contributed by atoms with Gasteiger partial charge in [-0.05, 0) is 37.8 Å². The van der Waals surface area contributed by atoms with Crippen molar-refractivity contribution in [2.45, 2.75) is 45.1 Å². The molecule has 5 nitrogen and oxygen atoms in total. The number of rotatable bonds is 3. The van der Waals surface area contributed by atoms with Crippen LogP contribution in [0.5, 0.6) is 0 Å². The molecule has 3 rings (SSSR count). The second kappa shape index (κ2) is 6.37. The van der Waals surface area contributed by atoms with Crippen molar-refractivity contribution >= 4 is 11.5 Å². The molecule has 5 heteroatoms. The smallest absolute Gasteiger partial charge is 0.180 e. The highest BCUT2D eigenvalue weighted by atomic mass is 16.5. The van der Waals surface area contributed by atoms with Gasteiger partial charge in [-0.25, -0.2) is 0 Å². The molecule has 0 saturated carbocycles. The van der Waals surface area contributed by atoms with Gasteiger partial charge in [-0.3, -0.25) is 9.78 Å². The Kier molecular flexibility index (Phi) is 4.42. The maximum atomic E-state index is 12.4. The summed E-state index contributed by atoms with van der Waals surface area (Å²) in [5.74, 6) is -0.105. The lowest BCUT2D eigenvalue weighted by Crippen LogP contribution is -2.44. The number of aromatic nitrogens is 1. The molecule has 0 N–H and O–H groups in total. The zero-order valence-corrected chi connectivity index (χ0v) is 14.6. The van der Waals surface area contributed by atoms with E-state index in [0.29, 0.717) is 0 Å². The molecule has 1 aliphatic carbocycles. The highest BCUT2D eigenvalue weighted by molar-refractivity contribution is 6.09. The molecule has 0 atom stereocenters. The third kappa shape index (κ3) is 2.83. The van der Waals surface area contributed by atoms with Gasteiger partial charge in [0.25, 0.3) is 0 Å². The van der Waals surface area contributed by atoms with Crippen molar-refractivity contribution in [2.75, 3.05) is 20.2 Å². The van der Waals surface area contributed by atoms with E-state index in [1.54, 1.807) is 7.11 Å². The number of pyridine rings is 1. The zero-order chi connectivity index (χ0) is 17.3. The topological polar surface area (TPSA) is 66.2 Å². The molecule has 0 bridgehead atoms. The van der Waals surface area contributed by atoms with Crippen molar-refractivity contribution in [1.29, 1.82) is 5.26 Å². The quantitative estimate of drug-likeness (QED) is 0.854. The van der Waals surface area contributed by atoms with E-state index in [-0.39, 0.29) is 23.4 Å². The Morgan fingerprint density at radius 2 is 2.08 bits per heavy atom. The monoisotopic (exact) mass is 325 g/mol. The number of carbonyl (C=O) groups is 1. The lowest BCUT2D eigenvalue weighted by Gasteiger charge is -2.41. The van der Waals surface area contributed by atoms with Gasteiger partial charge in [0.15, 0.2) is 5.78 Å². The number of piperidine rings is 1. The summed E-state index contributed by atoms with van der Waals surface area (Å²) in [4.78, 5) is 19.3. The van der Waals surface area contributed by atoms with Crippen LogP contribution in [0.4, 0.5) is 0 Å². The molecular weight excluding hydrogens is 302 g/mol. The second-order valence-electron chi connectivity index (χ2n) is 6.74. The first kappa shape index (κ1) is 16.7. The number of hydrogen-bond donors (Lipinski definition) is 0. The third-order valence-corrected chi connectivity index (χ3v) is 5.23. The van der Waals surface area contributed by atoms with Crippen LogP contribution >= 0.6 is 0 Å². The molecule has 1 aromatic heterocycles. The average Bonchev–Trinajstić information content (AvgIpc) is 2.61. The van der Waals surface area contributed by atoms with Gasteiger partial charge in [-0.15, -0.1) is 0 Å². The highest BCUT2D eigenvalue weighted by Crippen LogP contribution is 2.35. The number of allylic oxidation sites excluding steroid dienone is 1. The molecule has 2 heterocycles. The summed E-state index contributed by atoms with van der Waals surface area (Å²) in [5.41, 5.74) is 3.56. The number of carbonyl (C=O) groups excluding carboxylic acids is 1. The Balaban J connectivity index is 2.04. The zero-order valence-electron chi connectivity index (χ0n) is 14.6. The van der Waals surface area contributed by atoms with Crippen LogP contribution in [-0.4, -0.2) is 41.5 Å². The Morgan fingerprint density at radius 3 is 2.67 bits per heavy atom. The SMILES string of the molecule is CCc1ccc2c(n1)C(N1CCC(C)(OC)CC1)=C(C#N)C(=O)C2. The first-order chi connectivity index (χ1) is 11.5. The number of likely N-dealkylation sites (tertiary alicyclic amines) is 1. The summed E-state index contributed by atoms with van der Waals surface area (Å²) < 4.78 is 5.60. The number of Topliss-reactive ketones (excluding diaryl/α,β-unsaturated/α-hetero) is 1. The number of methoxy groups -OCH3 is 1. The second-order valence-corrected chi connectivity index (χ2v) is 6.74. The van der Waals surface area contributed by atoms with Crippen molar-refractivity contribution in [1.82, 2.24) is 9.88 Å². The van der Waals surface area contributed by atoms with Gasteiger partial charge in [0, 0.05) is 32.3 Å². The molecule has 1 fully saturated rings. The van der Waals surface area contributed by atoms with Gasteiger partial charge in [0.1, 0.15) is 11.6 Å². The summed E-state index contributed by atoms with van der Waals surface area (Å²) in [6, 6.07) is 6.09. The summed E-state index contributed by atoms with van der Waals surface area (Å²) in [6.45, 7) is 5.69. The van der Waals surface area contributed by atoms with Crippen LogP contribution < -0.4 is 0 Å². The van der Waals surface area contributed by atoms with Gasteiger partial charge >= 0.3 is 0 Å². The van der Waals surface area contributed by atoms with Crippen LogP contribution in [0.3, 0.4) is 0 Å². The molecule has 1 saturated heterocycles. The number of nitrogens with zero attached hydrogens (tertiary/aromatic N) is 3. The standard InChI is InChI=1S/C19H23N3O2/c1-4-14-6-5-13-11-16(23)15(12-20)18(17(13)21-14)22-9-7-19(2,24-3)8-10-22/h5-6H,4,7-11H2,1-3H3. The largest absolute Gasteiger partial charge is 0.378 e. The molecule has 0 unspecified atom stereocenters. The summed E-state index contributed by atoms with van der Waals surface area (Å²) in [7, 11) is 1.74.